The van der Waals surface area contributed by atoms with Gasteiger partial charge in [-0.3, -0.25) is 4.79 Å². The molecule has 1 aromatic rings. The molecule has 0 aliphatic carbocycles. The standard InChI is InChI=1S/C14H19N3O/c18-14(17-9-7-15-8-10-17)12-5-6-16-13-4-2-1-3-11(12)13/h1-4,12,15-16H,5-10H2. The summed E-state index contributed by atoms with van der Waals surface area (Å²) in [5, 5.41) is 6.65. The van der Waals surface area contributed by atoms with Crippen molar-refractivity contribution in [2.45, 2.75) is 12.3 Å². The molecular formula is C14H19N3O. The number of nitrogens with one attached hydrogen (secondary N) is 2. The highest BCUT2D eigenvalue weighted by Gasteiger charge is 2.30. The normalized spacial score (nSPS) is 23.1. The molecule has 1 unspecified atom stereocenters. The molecule has 4 heteroatoms. The van der Waals surface area contributed by atoms with Gasteiger partial charge in [0.1, 0.15) is 0 Å². The van der Waals surface area contributed by atoms with Crippen molar-refractivity contribution < 1.29 is 4.79 Å². The van der Waals surface area contributed by atoms with Crippen molar-refractivity contribution >= 4 is 11.6 Å². The fourth-order valence-corrected chi connectivity index (χ4v) is 2.83. The quantitative estimate of drug-likeness (QED) is 0.776. The number of fused-ring (bicyclic) bond motifs is 1. The first-order valence-electron chi connectivity index (χ1n) is 6.68. The van der Waals surface area contributed by atoms with Gasteiger partial charge in [-0.05, 0) is 18.1 Å². The number of rotatable bonds is 1. The molecule has 1 aromatic carbocycles. The molecule has 0 bridgehead atoms. The number of nitrogens with zero attached hydrogens (tertiary/aromatic N) is 1. The molecule has 96 valence electrons. The number of hydrogen-bond donors (Lipinski definition) is 2. The number of anilines is 1. The Morgan fingerprint density at radius 2 is 1.94 bits per heavy atom. The molecule has 1 saturated heterocycles. The number of carbonyl (C=O) groups is 1. The summed E-state index contributed by atoms with van der Waals surface area (Å²) in [4.78, 5) is 14.6. The van der Waals surface area contributed by atoms with E-state index in [1.165, 1.54) is 0 Å². The Bertz CT molecular complexity index is 440. The molecule has 0 saturated carbocycles. The molecule has 2 N–H and O–H groups in total. The van der Waals surface area contributed by atoms with Crippen LogP contribution in [-0.4, -0.2) is 43.5 Å². The number of carbonyl (C=O) groups excluding carboxylic acids is 1. The van der Waals surface area contributed by atoms with Gasteiger partial charge in [-0.1, -0.05) is 18.2 Å². The summed E-state index contributed by atoms with van der Waals surface area (Å²) in [5.74, 6) is 0.339. The van der Waals surface area contributed by atoms with Gasteiger partial charge in [0, 0.05) is 38.4 Å². The van der Waals surface area contributed by atoms with Crippen molar-refractivity contribution in [2.24, 2.45) is 0 Å². The maximum atomic E-state index is 12.6. The van der Waals surface area contributed by atoms with E-state index < -0.39 is 0 Å². The molecule has 2 aliphatic heterocycles. The third kappa shape index (κ3) is 2.08. The molecular weight excluding hydrogens is 226 g/mol. The van der Waals surface area contributed by atoms with Gasteiger partial charge in [-0.2, -0.15) is 0 Å². The Hall–Kier alpha value is -1.55. The topological polar surface area (TPSA) is 44.4 Å². The van der Waals surface area contributed by atoms with Gasteiger partial charge in [0.15, 0.2) is 0 Å². The summed E-state index contributed by atoms with van der Waals surface area (Å²) in [6.45, 7) is 4.39. The van der Waals surface area contributed by atoms with E-state index in [9.17, 15) is 4.79 Å². The highest BCUT2D eigenvalue weighted by molar-refractivity contribution is 5.86. The lowest BCUT2D eigenvalue weighted by molar-refractivity contribution is -0.133. The molecule has 2 aliphatic rings. The molecule has 1 fully saturated rings. The van der Waals surface area contributed by atoms with E-state index in [1.807, 2.05) is 17.0 Å². The van der Waals surface area contributed by atoms with E-state index in [0.717, 1.165) is 50.4 Å². The second kappa shape index (κ2) is 4.98. The lowest BCUT2D eigenvalue weighted by atomic mass is 9.89. The Balaban J connectivity index is 1.82. The van der Waals surface area contributed by atoms with Gasteiger partial charge in [0.05, 0.1) is 5.92 Å². The summed E-state index contributed by atoms with van der Waals surface area (Å²) in [5.41, 5.74) is 2.28. The lowest BCUT2D eigenvalue weighted by Gasteiger charge is -2.33. The van der Waals surface area contributed by atoms with Gasteiger partial charge < -0.3 is 15.5 Å². The maximum Gasteiger partial charge on any atom is 0.230 e. The van der Waals surface area contributed by atoms with Gasteiger partial charge >= 0.3 is 0 Å². The highest BCUT2D eigenvalue weighted by Crippen LogP contribution is 2.32. The predicted molar refractivity (Wildman–Crippen MR) is 71.7 cm³/mol. The van der Waals surface area contributed by atoms with Crippen molar-refractivity contribution in [2.75, 3.05) is 38.0 Å². The van der Waals surface area contributed by atoms with Gasteiger partial charge in [-0.15, -0.1) is 0 Å². The Morgan fingerprint density at radius 1 is 1.17 bits per heavy atom. The first-order chi connectivity index (χ1) is 8.86. The summed E-state index contributed by atoms with van der Waals surface area (Å²) in [7, 11) is 0. The van der Waals surface area contributed by atoms with Crippen LogP contribution in [0.1, 0.15) is 17.9 Å². The van der Waals surface area contributed by atoms with Crippen molar-refractivity contribution in [3.8, 4) is 0 Å². The summed E-state index contributed by atoms with van der Waals surface area (Å²) < 4.78 is 0. The second-order valence-electron chi connectivity index (χ2n) is 4.93. The van der Waals surface area contributed by atoms with Crippen LogP contribution in [0.2, 0.25) is 0 Å². The minimum absolute atomic E-state index is 0.0422. The Morgan fingerprint density at radius 3 is 2.78 bits per heavy atom. The number of piperazine rings is 1. The molecule has 1 amide bonds. The summed E-state index contributed by atoms with van der Waals surface area (Å²) >= 11 is 0. The molecule has 1 atom stereocenters. The fraction of sp³-hybridized carbons (Fsp3) is 0.500. The minimum atomic E-state index is 0.0422. The lowest BCUT2D eigenvalue weighted by Crippen LogP contribution is -2.48. The number of hydrogen-bond acceptors (Lipinski definition) is 3. The SMILES string of the molecule is O=C(C1CCNc2ccccc21)N1CCNCC1. The van der Waals surface area contributed by atoms with Gasteiger partial charge in [0.25, 0.3) is 0 Å². The predicted octanol–water partition coefficient (Wildman–Crippen LogP) is 1.02. The number of amides is 1. The molecule has 4 nitrogen and oxygen atoms in total. The van der Waals surface area contributed by atoms with Crippen molar-refractivity contribution in [3.05, 3.63) is 29.8 Å². The Kier molecular flexibility index (Phi) is 3.19. The third-order valence-corrected chi connectivity index (χ3v) is 3.81. The van der Waals surface area contributed by atoms with Gasteiger partial charge in [-0.25, -0.2) is 0 Å². The van der Waals surface area contributed by atoms with Crippen molar-refractivity contribution in [1.29, 1.82) is 0 Å². The van der Waals surface area contributed by atoms with E-state index >= 15 is 0 Å². The smallest absolute Gasteiger partial charge is 0.230 e. The van der Waals surface area contributed by atoms with Crippen LogP contribution < -0.4 is 10.6 Å². The summed E-state index contributed by atoms with van der Waals surface area (Å²) in [6, 6.07) is 8.17. The van der Waals surface area contributed by atoms with Crippen LogP contribution in [0.4, 0.5) is 5.69 Å². The van der Waals surface area contributed by atoms with Crippen LogP contribution in [0.15, 0.2) is 24.3 Å². The molecule has 0 aromatic heterocycles. The molecule has 0 radical (unpaired) electrons. The zero-order chi connectivity index (χ0) is 12.4. The van der Waals surface area contributed by atoms with E-state index in [1.54, 1.807) is 0 Å². The molecule has 3 rings (SSSR count). The van der Waals surface area contributed by atoms with Crippen molar-refractivity contribution in [3.63, 3.8) is 0 Å². The van der Waals surface area contributed by atoms with E-state index in [-0.39, 0.29) is 5.92 Å². The van der Waals surface area contributed by atoms with Crippen LogP contribution in [0.3, 0.4) is 0 Å². The monoisotopic (exact) mass is 245 g/mol. The average Bonchev–Trinajstić information content (AvgIpc) is 2.47. The first-order valence-corrected chi connectivity index (χ1v) is 6.68. The van der Waals surface area contributed by atoms with E-state index in [2.05, 4.69) is 22.8 Å². The van der Waals surface area contributed by atoms with Crippen LogP contribution in [-0.2, 0) is 4.79 Å². The van der Waals surface area contributed by atoms with Crippen LogP contribution >= 0.6 is 0 Å². The van der Waals surface area contributed by atoms with Crippen LogP contribution in [0.25, 0.3) is 0 Å². The van der Waals surface area contributed by atoms with E-state index in [4.69, 9.17) is 0 Å². The fourth-order valence-electron chi connectivity index (χ4n) is 2.83. The van der Waals surface area contributed by atoms with Gasteiger partial charge in [0.2, 0.25) is 5.91 Å². The second-order valence-corrected chi connectivity index (χ2v) is 4.93. The third-order valence-electron chi connectivity index (χ3n) is 3.81. The minimum Gasteiger partial charge on any atom is -0.385 e. The van der Waals surface area contributed by atoms with E-state index in [0.29, 0.717) is 5.91 Å². The Labute approximate surface area is 107 Å². The zero-order valence-corrected chi connectivity index (χ0v) is 10.5. The maximum absolute atomic E-state index is 12.6. The van der Waals surface area contributed by atoms with Crippen LogP contribution in [0, 0.1) is 0 Å². The van der Waals surface area contributed by atoms with Crippen LogP contribution in [0.5, 0.6) is 0 Å². The number of benzene rings is 1. The average molecular weight is 245 g/mol. The first kappa shape index (κ1) is 11.5. The molecule has 0 spiro atoms. The highest BCUT2D eigenvalue weighted by atomic mass is 16.2. The zero-order valence-electron chi connectivity index (χ0n) is 10.5. The summed E-state index contributed by atoms with van der Waals surface area (Å²) in [6.07, 6.45) is 0.903. The molecule has 18 heavy (non-hydrogen) atoms. The largest absolute Gasteiger partial charge is 0.385 e. The van der Waals surface area contributed by atoms with Crippen molar-refractivity contribution in [1.82, 2.24) is 10.2 Å². The molecule has 2 heterocycles. The number of para-hydroxylation sites is 1.